The Hall–Kier alpha value is -1.02. The second-order valence-electron chi connectivity index (χ2n) is 6.56. The molecule has 2 aliphatic rings. The molecule has 0 aromatic heterocycles. The largest absolute Gasteiger partial charge is 0.371 e. The number of fused-ring (bicyclic) bond motifs is 1. The number of rotatable bonds is 4. The molecule has 110 valence electrons. The predicted molar refractivity (Wildman–Crippen MR) is 86.5 cm³/mol. The molecule has 0 bridgehead atoms. The molecule has 3 rings (SSSR count). The SMILES string of the molecule is Cc1ccc2c(c1)CCCN2CCCC1CCNCC1. The Morgan fingerprint density at radius 3 is 2.95 bits per heavy atom. The summed E-state index contributed by atoms with van der Waals surface area (Å²) in [5, 5.41) is 3.46. The highest BCUT2D eigenvalue weighted by Crippen LogP contribution is 2.28. The first-order valence-corrected chi connectivity index (χ1v) is 8.38. The highest BCUT2D eigenvalue weighted by atomic mass is 15.1. The van der Waals surface area contributed by atoms with Gasteiger partial charge in [0.2, 0.25) is 0 Å². The molecule has 0 aliphatic carbocycles. The summed E-state index contributed by atoms with van der Waals surface area (Å²) in [6.07, 6.45) is 8.13. The van der Waals surface area contributed by atoms with E-state index in [1.807, 2.05) is 0 Å². The zero-order chi connectivity index (χ0) is 13.8. The van der Waals surface area contributed by atoms with Crippen molar-refractivity contribution in [2.24, 2.45) is 5.92 Å². The number of piperidine rings is 1. The van der Waals surface area contributed by atoms with Gasteiger partial charge in [-0.15, -0.1) is 0 Å². The lowest BCUT2D eigenvalue weighted by Gasteiger charge is -2.32. The monoisotopic (exact) mass is 272 g/mol. The first kappa shape index (κ1) is 13.9. The van der Waals surface area contributed by atoms with E-state index in [9.17, 15) is 0 Å². The Labute approximate surface area is 123 Å². The molecule has 0 saturated carbocycles. The summed E-state index contributed by atoms with van der Waals surface area (Å²) in [5.41, 5.74) is 4.48. The molecule has 2 heteroatoms. The van der Waals surface area contributed by atoms with Crippen molar-refractivity contribution in [2.45, 2.75) is 45.4 Å². The standard InChI is InChI=1S/C18H28N2/c1-15-6-7-18-17(14-15)5-3-13-20(18)12-2-4-16-8-10-19-11-9-16/h6-7,14,16,19H,2-5,8-13H2,1H3. The second-order valence-corrected chi connectivity index (χ2v) is 6.56. The fraction of sp³-hybridized carbons (Fsp3) is 0.667. The van der Waals surface area contributed by atoms with Gasteiger partial charge >= 0.3 is 0 Å². The minimum Gasteiger partial charge on any atom is -0.371 e. The quantitative estimate of drug-likeness (QED) is 0.902. The van der Waals surface area contributed by atoms with Crippen LogP contribution >= 0.6 is 0 Å². The lowest BCUT2D eigenvalue weighted by Crippen LogP contribution is -2.31. The van der Waals surface area contributed by atoms with Crippen LogP contribution in [0.5, 0.6) is 0 Å². The maximum atomic E-state index is 3.46. The molecular weight excluding hydrogens is 244 g/mol. The average Bonchev–Trinajstić information content (AvgIpc) is 2.48. The van der Waals surface area contributed by atoms with E-state index in [1.54, 1.807) is 5.56 Å². The van der Waals surface area contributed by atoms with Crippen LogP contribution in [-0.2, 0) is 6.42 Å². The van der Waals surface area contributed by atoms with E-state index >= 15 is 0 Å². The summed E-state index contributed by atoms with van der Waals surface area (Å²) in [7, 11) is 0. The molecule has 1 aromatic carbocycles. The van der Waals surface area contributed by atoms with Gasteiger partial charge in [-0.25, -0.2) is 0 Å². The summed E-state index contributed by atoms with van der Waals surface area (Å²) in [5.74, 6) is 0.971. The van der Waals surface area contributed by atoms with Crippen LogP contribution in [0.4, 0.5) is 5.69 Å². The van der Waals surface area contributed by atoms with Crippen LogP contribution in [0.2, 0.25) is 0 Å². The molecule has 0 spiro atoms. The minimum absolute atomic E-state index is 0.971. The van der Waals surface area contributed by atoms with Crippen LogP contribution in [0.15, 0.2) is 18.2 Å². The third-order valence-electron chi connectivity index (χ3n) is 4.95. The van der Waals surface area contributed by atoms with E-state index in [2.05, 4.69) is 35.3 Å². The van der Waals surface area contributed by atoms with Crippen LogP contribution in [0.3, 0.4) is 0 Å². The minimum atomic E-state index is 0.971. The molecule has 0 amide bonds. The predicted octanol–water partition coefficient (Wildman–Crippen LogP) is 3.53. The highest BCUT2D eigenvalue weighted by Gasteiger charge is 2.17. The fourth-order valence-corrected chi connectivity index (χ4v) is 3.78. The van der Waals surface area contributed by atoms with Crippen molar-refractivity contribution in [2.75, 3.05) is 31.1 Å². The van der Waals surface area contributed by atoms with Gasteiger partial charge in [0.25, 0.3) is 0 Å². The maximum Gasteiger partial charge on any atom is 0.0398 e. The molecule has 2 heterocycles. The smallest absolute Gasteiger partial charge is 0.0398 e. The molecule has 1 fully saturated rings. The first-order chi connectivity index (χ1) is 9.83. The molecule has 0 unspecified atom stereocenters. The third kappa shape index (κ3) is 3.35. The third-order valence-corrected chi connectivity index (χ3v) is 4.95. The van der Waals surface area contributed by atoms with Gasteiger partial charge in [0.05, 0.1) is 0 Å². The fourth-order valence-electron chi connectivity index (χ4n) is 3.78. The summed E-state index contributed by atoms with van der Waals surface area (Å²) in [6, 6.07) is 6.99. The Morgan fingerprint density at radius 1 is 1.25 bits per heavy atom. The Bertz CT molecular complexity index is 435. The molecule has 0 radical (unpaired) electrons. The van der Waals surface area contributed by atoms with Gasteiger partial charge in [0.15, 0.2) is 0 Å². The number of anilines is 1. The van der Waals surface area contributed by atoms with Crippen molar-refractivity contribution < 1.29 is 0 Å². The van der Waals surface area contributed by atoms with Gasteiger partial charge in [-0.3, -0.25) is 0 Å². The van der Waals surface area contributed by atoms with Gasteiger partial charge in [-0.1, -0.05) is 17.7 Å². The molecular formula is C18H28N2. The van der Waals surface area contributed by atoms with Crippen molar-refractivity contribution in [1.82, 2.24) is 5.32 Å². The molecule has 1 saturated heterocycles. The zero-order valence-electron chi connectivity index (χ0n) is 12.8. The van der Waals surface area contributed by atoms with Crippen LogP contribution in [0.25, 0.3) is 0 Å². The topological polar surface area (TPSA) is 15.3 Å². The lowest BCUT2D eigenvalue weighted by atomic mass is 9.92. The number of nitrogens with zero attached hydrogens (tertiary/aromatic N) is 1. The molecule has 0 atom stereocenters. The highest BCUT2D eigenvalue weighted by molar-refractivity contribution is 5.56. The van der Waals surface area contributed by atoms with Crippen LogP contribution in [0.1, 0.15) is 43.2 Å². The summed E-state index contributed by atoms with van der Waals surface area (Å²) in [4.78, 5) is 2.62. The van der Waals surface area contributed by atoms with Crippen molar-refractivity contribution in [3.8, 4) is 0 Å². The Kier molecular flexibility index (Phi) is 4.62. The van der Waals surface area contributed by atoms with E-state index in [4.69, 9.17) is 0 Å². The van der Waals surface area contributed by atoms with Crippen LogP contribution in [0, 0.1) is 12.8 Å². The molecule has 1 aromatic rings. The summed E-state index contributed by atoms with van der Waals surface area (Å²) in [6.45, 7) is 7.17. The first-order valence-electron chi connectivity index (χ1n) is 8.38. The maximum absolute atomic E-state index is 3.46. The number of hydrogen-bond donors (Lipinski definition) is 1. The van der Waals surface area contributed by atoms with Gasteiger partial charge in [0, 0.05) is 18.8 Å². The van der Waals surface area contributed by atoms with E-state index in [1.165, 1.54) is 76.0 Å². The second kappa shape index (κ2) is 6.62. The van der Waals surface area contributed by atoms with Gasteiger partial charge in [0.1, 0.15) is 0 Å². The van der Waals surface area contributed by atoms with Crippen LogP contribution in [-0.4, -0.2) is 26.2 Å². The van der Waals surface area contributed by atoms with Crippen molar-refractivity contribution >= 4 is 5.69 Å². The Morgan fingerprint density at radius 2 is 2.10 bits per heavy atom. The summed E-state index contributed by atoms with van der Waals surface area (Å²) < 4.78 is 0. The zero-order valence-corrected chi connectivity index (χ0v) is 12.8. The molecule has 1 N–H and O–H groups in total. The number of benzene rings is 1. The van der Waals surface area contributed by atoms with Crippen molar-refractivity contribution in [1.29, 1.82) is 0 Å². The molecule has 2 aliphatic heterocycles. The van der Waals surface area contributed by atoms with Gasteiger partial charge in [-0.2, -0.15) is 0 Å². The van der Waals surface area contributed by atoms with E-state index < -0.39 is 0 Å². The van der Waals surface area contributed by atoms with Crippen LogP contribution < -0.4 is 10.2 Å². The number of hydrogen-bond acceptors (Lipinski definition) is 2. The van der Waals surface area contributed by atoms with E-state index in [0.29, 0.717) is 0 Å². The average molecular weight is 272 g/mol. The number of nitrogens with one attached hydrogen (secondary N) is 1. The lowest BCUT2D eigenvalue weighted by molar-refractivity contribution is 0.347. The molecule has 2 nitrogen and oxygen atoms in total. The van der Waals surface area contributed by atoms with Crippen molar-refractivity contribution in [3.63, 3.8) is 0 Å². The van der Waals surface area contributed by atoms with E-state index in [0.717, 1.165) is 5.92 Å². The Balaban J connectivity index is 1.53. The van der Waals surface area contributed by atoms with E-state index in [-0.39, 0.29) is 0 Å². The molecule has 20 heavy (non-hydrogen) atoms. The number of aryl methyl sites for hydroxylation is 2. The normalized spacial score (nSPS) is 19.9. The van der Waals surface area contributed by atoms with Gasteiger partial charge in [-0.05, 0) is 76.1 Å². The van der Waals surface area contributed by atoms with Crippen molar-refractivity contribution in [3.05, 3.63) is 29.3 Å². The summed E-state index contributed by atoms with van der Waals surface area (Å²) >= 11 is 0. The van der Waals surface area contributed by atoms with Gasteiger partial charge < -0.3 is 10.2 Å².